The van der Waals surface area contributed by atoms with Crippen LogP contribution in [-0.2, 0) is 4.79 Å². The summed E-state index contributed by atoms with van der Waals surface area (Å²) >= 11 is 0. The van der Waals surface area contributed by atoms with Gasteiger partial charge in [0.2, 0.25) is 5.91 Å². The number of rotatable bonds is 7. The summed E-state index contributed by atoms with van der Waals surface area (Å²) in [5.41, 5.74) is 1.41. The molecular weight excluding hydrogens is 335 g/mol. The summed E-state index contributed by atoms with van der Waals surface area (Å²) in [4.78, 5) is 16.5. The highest BCUT2D eigenvalue weighted by atomic mass is 19.1. The molecule has 0 aliphatic rings. The number of aromatic nitrogens is 3. The fourth-order valence-corrected chi connectivity index (χ4v) is 2.44. The Morgan fingerprint density at radius 2 is 2.08 bits per heavy atom. The second-order valence-electron chi connectivity index (χ2n) is 5.75. The van der Waals surface area contributed by atoms with Gasteiger partial charge in [-0.2, -0.15) is 5.10 Å². The van der Waals surface area contributed by atoms with E-state index in [1.807, 2.05) is 31.2 Å². The molecule has 0 saturated carbocycles. The number of carbonyl (C=O) groups is 1. The maximum absolute atomic E-state index is 13.1. The number of aromatic amines is 1. The molecule has 2 N–H and O–H groups in total. The second-order valence-corrected chi connectivity index (χ2v) is 5.75. The lowest BCUT2D eigenvalue weighted by molar-refractivity contribution is -0.116. The fraction of sp³-hybridized carbons (Fsp3) is 0.211. The minimum atomic E-state index is -0.348. The van der Waals surface area contributed by atoms with Crippen LogP contribution in [0.5, 0.6) is 5.75 Å². The van der Waals surface area contributed by atoms with Gasteiger partial charge < -0.3 is 10.1 Å². The van der Waals surface area contributed by atoms with E-state index in [1.165, 1.54) is 12.1 Å². The summed E-state index contributed by atoms with van der Waals surface area (Å²) in [5, 5.41) is 9.80. The molecular formula is C19H19FN4O2. The molecule has 7 heteroatoms. The van der Waals surface area contributed by atoms with Crippen molar-refractivity contribution in [3.8, 4) is 17.1 Å². The molecule has 1 amide bonds. The Morgan fingerprint density at radius 3 is 2.85 bits per heavy atom. The molecule has 1 aromatic heterocycles. The Bertz CT molecular complexity index is 895. The first-order valence-electron chi connectivity index (χ1n) is 8.28. The summed E-state index contributed by atoms with van der Waals surface area (Å²) in [6.45, 7) is 2.15. The largest absolute Gasteiger partial charge is 0.493 e. The van der Waals surface area contributed by atoms with E-state index in [0.717, 1.165) is 5.56 Å². The average Bonchev–Trinajstić information content (AvgIpc) is 3.05. The maximum Gasteiger partial charge on any atom is 0.224 e. The van der Waals surface area contributed by atoms with Gasteiger partial charge in [-0.1, -0.05) is 18.2 Å². The molecule has 0 aliphatic carbocycles. The number of nitrogens with zero attached hydrogens (tertiary/aromatic N) is 2. The molecule has 6 nitrogen and oxygen atoms in total. The summed E-state index contributed by atoms with van der Waals surface area (Å²) < 4.78 is 18.5. The molecule has 0 radical (unpaired) electrons. The van der Waals surface area contributed by atoms with Gasteiger partial charge in [-0.05, 0) is 37.6 Å². The lowest BCUT2D eigenvalue weighted by Gasteiger charge is -2.09. The number of anilines is 1. The number of carbonyl (C=O) groups excluding carboxylic acids is 1. The molecule has 0 unspecified atom stereocenters. The van der Waals surface area contributed by atoms with Crippen molar-refractivity contribution in [1.29, 1.82) is 0 Å². The number of para-hydroxylation sites is 1. The number of hydrogen-bond acceptors (Lipinski definition) is 4. The first kappa shape index (κ1) is 17.6. The van der Waals surface area contributed by atoms with Crippen LogP contribution in [0.25, 0.3) is 11.4 Å². The van der Waals surface area contributed by atoms with Crippen molar-refractivity contribution in [1.82, 2.24) is 15.2 Å². The van der Waals surface area contributed by atoms with Crippen LogP contribution >= 0.6 is 0 Å². The van der Waals surface area contributed by atoms with E-state index in [2.05, 4.69) is 20.5 Å². The fourth-order valence-electron chi connectivity index (χ4n) is 2.44. The van der Waals surface area contributed by atoms with Crippen molar-refractivity contribution >= 4 is 11.6 Å². The summed E-state index contributed by atoms with van der Waals surface area (Å²) in [6.07, 6.45) is 0.806. The van der Waals surface area contributed by atoms with E-state index >= 15 is 0 Å². The predicted molar refractivity (Wildman–Crippen MR) is 96.3 cm³/mol. The highest BCUT2D eigenvalue weighted by Gasteiger charge is 2.11. The Kier molecular flexibility index (Phi) is 5.58. The standard InChI is InChI=1S/C19H19FN4O2/c1-13-21-19(24-23-13)16-8-2-3-9-17(16)22-18(25)10-5-11-26-15-7-4-6-14(20)12-15/h2-4,6-9,12H,5,10-11H2,1H3,(H,22,25)(H,21,23,24). The highest BCUT2D eigenvalue weighted by molar-refractivity contribution is 5.94. The number of amides is 1. The van der Waals surface area contributed by atoms with Crippen molar-refractivity contribution in [2.24, 2.45) is 0 Å². The van der Waals surface area contributed by atoms with Crippen molar-refractivity contribution in [3.63, 3.8) is 0 Å². The third kappa shape index (κ3) is 4.66. The number of hydrogen-bond donors (Lipinski definition) is 2. The van der Waals surface area contributed by atoms with Gasteiger partial charge in [0.25, 0.3) is 0 Å². The van der Waals surface area contributed by atoms with Gasteiger partial charge in [0.1, 0.15) is 17.4 Å². The van der Waals surface area contributed by atoms with E-state index < -0.39 is 0 Å². The zero-order valence-electron chi connectivity index (χ0n) is 14.3. The van der Waals surface area contributed by atoms with Crippen LogP contribution in [0.15, 0.2) is 48.5 Å². The number of benzene rings is 2. The predicted octanol–water partition coefficient (Wildman–Crippen LogP) is 3.72. The third-order valence-corrected chi connectivity index (χ3v) is 3.65. The minimum Gasteiger partial charge on any atom is -0.493 e. The van der Waals surface area contributed by atoms with E-state index in [1.54, 1.807) is 12.1 Å². The van der Waals surface area contributed by atoms with Gasteiger partial charge >= 0.3 is 0 Å². The normalized spacial score (nSPS) is 10.5. The molecule has 0 spiro atoms. The van der Waals surface area contributed by atoms with Crippen LogP contribution in [-0.4, -0.2) is 27.7 Å². The Balaban J connectivity index is 1.52. The Hall–Kier alpha value is -3.22. The number of nitrogens with one attached hydrogen (secondary N) is 2. The molecule has 0 atom stereocenters. The summed E-state index contributed by atoms with van der Waals surface area (Å²) in [7, 11) is 0. The number of halogens is 1. The number of H-pyrrole nitrogens is 1. The molecule has 0 saturated heterocycles. The van der Waals surface area contributed by atoms with Crippen LogP contribution in [0.4, 0.5) is 10.1 Å². The number of ether oxygens (including phenoxy) is 1. The van der Waals surface area contributed by atoms with Crippen molar-refractivity contribution in [3.05, 3.63) is 60.2 Å². The Morgan fingerprint density at radius 1 is 1.23 bits per heavy atom. The van der Waals surface area contributed by atoms with E-state index in [4.69, 9.17) is 4.74 Å². The molecule has 26 heavy (non-hydrogen) atoms. The van der Waals surface area contributed by atoms with Crippen LogP contribution < -0.4 is 10.1 Å². The van der Waals surface area contributed by atoms with E-state index in [-0.39, 0.29) is 18.1 Å². The van der Waals surface area contributed by atoms with Crippen LogP contribution in [0, 0.1) is 12.7 Å². The quantitative estimate of drug-likeness (QED) is 0.634. The third-order valence-electron chi connectivity index (χ3n) is 3.65. The average molecular weight is 354 g/mol. The Labute approximate surface area is 150 Å². The van der Waals surface area contributed by atoms with Crippen molar-refractivity contribution in [2.45, 2.75) is 19.8 Å². The summed E-state index contributed by atoms with van der Waals surface area (Å²) in [6, 6.07) is 13.3. The molecule has 0 bridgehead atoms. The van der Waals surface area contributed by atoms with Gasteiger partial charge in [0.15, 0.2) is 5.82 Å². The summed E-state index contributed by atoms with van der Waals surface area (Å²) in [5.74, 6) is 1.21. The van der Waals surface area contributed by atoms with Crippen LogP contribution in [0.1, 0.15) is 18.7 Å². The molecule has 0 fully saturated rings. The van der Waals surface area contributed by atoms with E-state index in [0.29, 0.717) is 36.1 Å². The molecule has 0 aliphatic heterocycles. The van der Waals surface area contributed by atoms with Gasteiger partial charge in [0.05, 0.1) is 12.3 Å². The van der Waals surface area contributed by atoms with Gasteiger partial charge in [-0.15, -0.1) is 0 Å². The molecule has 1 heterocycles. The SMILES string of the molecule is Cc1nc(-c2ccccc2NC(=O)CCCOc2cccc(F)c2)n[nH]1. The molecule has 3 aromatic rings. The van der Waals surface area contributed by atoms with Gasteiger partial charge in [0, 0.05) is 18.1 Å². The van der Waals surface area contributed by atoms with Crippen LogP contribution in [0.2, 0.25) is 0 Å². The number of aryl methyl sites for hydroxylation is 1. The zero-order chi connectivity index (χ0) is 18.4. The van der Waals surface area contributed by atoms with Crippen molar-refractivity contribution < 1.29 is 13.9 Å². The van der Waals surface area contributed by atoms with Gasteiger partial charge in [-0.3, -0.25) is 9.89 Å². The molecule has 134 valence electrons. The topological polar surface area (TPSA) is 79.9 Å². The lowest BCUT2D eigenvalue weighted by atomic mass is 10.1. The molecule has 2 aromatic carbocycles. The molecule has 3 rings (SSSR count). The second kappa shape index (κ2) is 8.24. The van der Waals surface area contributed by atoms with E-state index in [9.17, 15) is 9.18 Å². The first-order chi connectivity index (χ1) is 12.6. The van der Waals surface area contributed by atoms with Crippen molar-refractivity contribution in [2.75, 3.05) is 11.9 Å². The first-order valence-corrected chi connectivity index (χ1v) is 8.28. The smallest absolute Gasteiger partial charge is 0.224 e. The maximum atomic E-state index is 13.1. The van der Waals surface area contributed by atoms with Gasteiger partial charge in [-0.25, -0.2) is 9.37 Å². The lowest BCUT2D eigenvalue weighted by Crippen LogP contribution is -2.13. The zero-order valence-corrected chi connectivity index (χ0v) is 14.3. The minimum absolute atomic E-state index is 0.132. The van der Waals surface area contributed by atoms with Crippen LogP contribution in [0.3, 0.4) is 0 Å². The monoisotopic (exact) mass is 354 g/mol. The highest BCUT2D eigenvalue weighted by Crippen LogP contribution is 2.25.